The SMILES string of the molecule is Cc1cccc2c1oc1c(N(c3ccccc3)c3ccc4c(c3)C(C)(C)c3cc5cc(N(c6ccccc6)c6cccc7c6oc6c(C)cccc67)ccc5cc3-4)cccc12. The molecule has 0 bridgehead atoms. The highest BCUT2D eigenvalue weighted by Gasteiger charge is 2.37. The van der Waals surface area contributed by atoms with Crippen molar-refractivity contribution >= 4 is 88.8 Å². The molecule has 0 atom stereocenters. The zero-order valence-corrected chi connectivity index (χ0v) is 34.5. The van der Waals surface area contributed by atoms with E-state index < -0.39 is 0 Å². The highest BCUT2D eigenvalue weighted by molar-refractivity contribution is 6.12. The molecule has 0 radical (unpaired) electrons. The zero-order valence-electron chi connectivity index (χ0n) is 34.5. The fourth-order valence-corrected chi connectivity index (χ4v) is 9.99. The summed E-state index contributed by atoms with van der Waals surface area (Å²) in [4.78, 5) is 4.69. The van der Waals surface area contributed by atoms with Crippen molar-refractivity contribution in [2.45, 2.75) is 33.1 Å². The van der Waals surface area contributed by atoms with Gasteiger partial charge in [-0.1, -0.05) is 123 Å². The zero-order chi connectivity index (χ0) is 41.0. The molecular weight excluding hydrogens is 745 g/mol. The number of hydrogen-bond donors (Lipinski definition) is 0. The summed E-state index contributed by atoms with van der Waals surface area (Å²) >= 11 is 0. The summed E-state index contributed by atoms with van der Waals surface area (Å²) in [6.07, 6.45) is 0. The van der Waals surface area contributed by atoms with Crippen LogP contribution >= 0.6 is 0 Å². The van der Waals surface area contributed by atoms with Crippen LogP contribution in [0.15, 0.2) is 191 Å². The molecule has 0 amide bonds. The maximum atomic E-state index is 6.74. The number of benzene rings is 9. The molecule has 4 heteroatoms. The Morgan fingerprint density at radius 3 is 1.39 bits per heavy atom. The number of furan rings is 2. The molecule has 1 aliphatic rings. The molecule has 0 aliphatic heterocycles. The second-order valence-electron chi connectivity index (χ2n) is 17.0. The number of hydrogen-bond acceptors (Lipinski definition) is 4. The van der Waals surface area contributed by atoms with E-state index in [-0.39, 0.29) is 5.41 Å². The van der Waals surface area contributed by atoms with Crippen LogP contribution in [0.25, 0.3) is 65.8 Å². The lowest BCUT2D eigenvalue weighted by molar-refractivity contribution is 0.661. The summed E-state index contributed by atoms with van der Waals surface area (Å²) < 4.78 is 13.5. The molecule has 0 saturated heterocycles. The van der Waals surface area contributed by atoms with Crippen LogP contribution < -0.4 is 9.80 Å². The van der Waals surface area contributed by atoms with Crippen molar-refractivity contribution in [1.82, 2.24) is 0 Å². The molecule has 9 aromatic carbocycles. The summed E-state index contributed by atoms with van der Waals surface area (Å²) in [5, 5.41) is 6.91. The monoisotopic (exact) mass is 786 g/mol. The predicted molar refractivity (Wildman–Crippen MR) is 255 cm³/mol. The van der Waals surface area contributed by atoms with Crippen molar-refractivity contribution in [2.24, 2.45) is 0 Å². The highest BCUT2D eigenvalue weighted by Crippen LogP contribution is 2.53. The van der Waals surface area contributed by atoms with Crippen molar-refractivity contribution in [1.29, 1.82) is 0 Å². The van der Waals surface area contributed by atoms with Crippen molar-refractivity contribution in [3.05, 3.63) is 204 Å². The number of rotatable bonds is 6. The van der Waals surface area contributed by atoms with Gasteiger partial charge in [-0.05, 0) is 131 Å². The number of nitrogens with zero attached hydrogens (tertiary/aromatic N) is 2. The maximum absolute atomic E-state index is 6.74. The summed E-state index contributed by atoms with van der Waals surface area (Å²) in [6.45, 7) is 8.97. The van der Waals surface area contributed by atoms with E-state index in [1.165, 1.54) is 33.0 Å². The predicted octanol–water partition coefficient (Wildman–Crippen LogP) is 16.5. The van der Waals surface area contributed by atoms with Crippen LogP contribution in [0, 0.1) is 13.8 Å². The van der Waals surface area contributed by atoms with Crippen molar-refractivity contribution in [3.8, 4) is 11.1 Å². The van der Waals surface area contributed by atoms with Crippen LogP contribution in [0.1, 0.15) is 36.1 Å². The van der Waals surface area contributed by atoms with E-state index >= 15 is 0 Å². The minimum atomic E-state index is -0.257. The van der Waals surface area contributed by atoms with Crippen molar-refractivity contribution < 1.29 is 8.83 Å². The maximum Gasteiger partial charge on any atom is 0.159 e. The summed E-state index contributed by atoms with van der Waals surface area (Å²) in [6, 6.07) is 65.7. The Labute approximate surface area is 354 Å². The van der Waals surface area contributed by atoms with Gasteiger partial charge in [-0.15, -0.1) is 0 Å². The molecule has 2 heterocycles. The first-order chi connectivity index (χ1) is 29.8. The second kappa shape index (κ2) is 13.2. The van der Waals surface area contributed by atoms with Crippen LogP contribution in [0.3, 0.4) is 0 Å². The Kier molecular flexibility index (Phi) is 7.67. The van der Waals surface area contributed by atoms with Gasteiger partial charge < -0.3 is 18.6 Å². The van der Waals surface area contributed by atoms with E-state index in [0.29, 0.717) is 0 Å². The topological polar surface area (TPSA) is 32.8 Å². The highest BCUT2D eigenvalue weighted by atomic mass is 16.3. The molecule has 11 aromatic rings. The average molecular weight is 787 g/mol. The van der Waals surface area contributed by atoms with Crippen LogP contribution in [-0.4, -0.2) is 0 Å². The third-order valence-corrected chi connectivity index (χ3v) is 13.0. The summed E-state index contributed by atoms with van der Waals surface area (Å²) in [5.74, 6) is 0. The van der Waals surface area contributed by atoms with E-state index in [1.807, 2.05) is 0 Å². The van der Waals surface area contributed by atoms with E-state index in [1.54, 1.807) is 0 Å². The number of anilines is 6. The van der Waals surface area contributed by atoms with Gasteiger partial charge in [0.2, 0.25) is 0 Å². The molecule has 292 valence electrons. The van der Waals surface area contributed by atoms with Gasteiger partial charge in [-0.3, -0.25) is 0 Å². The first-order valence-electron chi connectivity index (χ1n) is 21.1. The molecule has 2 aromatic heterocycles. The van der Waals surface area contributed by atoms with Gasteiger partial charge in [0.1, 0.15) is 11.2 Å². The lowest BCUT2D eigenvalue weighted by Gasteiger charge is -2.28. The molecule has 12 rings (SSSR count). The molecule has 0 saturated carbocycles. The number of para-hydroxylation sites is 6. The fourth-order valence-electron chi connectivity index (χ4n) is 9.99. The van der Waals surface area contributed by atoms with Gasteiger partial charge in [0.15, 0.2) is 11.2 Å². The van der Waals surface area contributed by atoms with E-state index in [4.69, 9.17) is 8.83 Å². The van der Waals surface area contributed by atoms with E-state index in [9.17, 15) is 0 Å². The lowest BCUT2D eigenvalue weighted by Crippen LogP contribution is -2.16. The molecule has 0 N–H and O–H groups in total. The fraction of sp³-hybridized carbons (Fsp3) is 0.0877. The van der Waals surface area contributed by atoms with Gasteiger partial charge in [0, 0.05) is 49.7 Å². The van der Waals surface area contributed by atoms with Crippen LogP contribution in [0.2, 0.25) is 0 Å². The summed E-state index contributed by atoms with van der Waals surface area (Å²) in [7, 11) is 0. The Hall–Kier alpha value is -7.56. The molecular formula is C57H42N2O2. The van der Waals surface area contributed by atoms with Gasteiger partial charge in [-0.25, -0.2) is 0 Å². The van der Waals surface area contributed by atoms with E-state index in [0.717, 1.165) is 89.1 Å². The Morgan fingerprint density at radius 2 is 0.836 bits per heavy atom. The standard InChI is InChI=1S/C57H42N2O2/c1-35-15-11-21-44-46-23-13-25-51(55(46)60-53(35)44)58(39-17-7-5-8-18-39)41-28-27-37-32-48-43-30-29-42(34-50(43)57(3,4)49(48)33-38(37)31-41)59(40-19-9-6-10-20-40)52-26-14-24-47-45-22-12-16-36(2)54(45)61-56(47)52/h5-34H,1-4H3. The average Bonchev–Trinajstić information content (AvgIpc) is 3.94. The normalized spacial score (nSPS) is 13.0. The lowest BCUT2D eigenvalue weighted by atomic mass is 9.81. The molecule has 61 heavy (non-hydrogen) atoms. The van der Waals surface area contributed by atoms with Gasteiger partial charge in [0.05, 0.1) is 11.4 Å². The van der Waals surface area contributed by atoms with Crippen molar-refractivity contribution in [2.75, 3.05) is 9.80 Å². The van der Waals surface area contributed by atoms with Crippen LogP contribution in [0.4, 0.5) is 34.1 Å². The Balaban J connectivity index is 0.993. The quantitative estimate of drug-likeness (QED) is 0.168. The van der Waals surface area contributed by atoms with Gasteiger partial charge >= 0.3 is 0 Å². The molecule has 1 aliphatic carbocycles. The molecule has 0 spiro atoms. The third-order valence-electron chi connectivity index (χ3n) is 13.0. The van der Waals surface area contributed by atoms with Gasteiger partial charge in [-0.2, -0.15) is 0 Å². The molecule has 0 unspecified atom stereocenters. The third kappa shape index (κ3) is 5.31. The minimum Gasteiger partial charge on any atom is -0.454 e. The van der Waals surface area contributed by atoms with E-state index in [2.05, 4.69) is 219 Å². The molecule has 4 nitrogen and oxygen atoms in total. The first kappa shape index (κ1) is 35.4. The number of fused-ring (bicyclic) bond motifs is 10. The second-order valence-corrected chi connectivity index (χ2v) is 17.0. The van der Waals surface area contributed by atoms with Crippen LogP contribution in [-0.2, 0) is 5.41 Å². The van der Waals surface area contributed by atoms with Crippen LogP contribution in [0.5, 0.6) is 0 Å². The minimum absolute atomic E-state index is 0.257. The Bertz CT molecular complexity index is 3540. The summed E-state index contributed by atoms with van der Waals surface area (Å²) in [5.41, 5.74) is 17.2. The largest absolute Gasteiger partial charge is 0.454 e. The Morgan fingerprint density at radius 1 is 0.361 bits per heavy atom. The molecule has 0 fully saturated rings. The number of aryl methyl sites for hydroxylation is 2. The smallest absolute Gasteiger partial charge is 0.159 e. The first-order valence-corrected chi connectivity index (χ1v) is 21.1. The van der Waals surface area contributed by atoms with Gasteiger partial charge in [0.25, 0.3) is 0 Å². The van der Waals surface area contributed by atoms with Crippen molar-refractivity contribution in [3.63, 3.8) is 0 Å².